The summed E-state index contributed by atoms with van der Waals surface area (Å²) in [7, 11) is 26.9. The maximum atomic E-state index is 5.29. The van der Waals surface area contributed by atoms with Crippen LogP contribution in [0.1, 0.15) is 41.5 Å². The molecule has 3 nitrogen and oxygen atoms in total. The van der Waals surface area contributed by atoms with Crippen molar-refractivity contribution in [1.82, 2.24) is 0 Å². The SMILES string of the molecule is C[N+](CC(C)(C)C)=NOC(C)(C)C.[Cl][Sb-]([Cl])([Cl])([Cl])([Cl])[Cl]. The molecule has 0 aromatic carbocycles. The first-order chi connectivity index (χ1) is 8.05. The van der Waals surface area contributed by atoms with E-state index in [4.69, 9.17) is 57.8 Å². The van der Waals surface area contributed by atoms with Gasteiger partial charge in [-0.1, -0.05) is 25.5 Å². The first-order valence-corrected chi connectivity index (χ1v) is 25.1. The van der Waals surface area contributed by atoms with Crippen LogP contribution in [-0.4, -0.2) is 33.0 Å². The van der Waals surface area contributed by atoms with E-state index in [1.165, 1.54) is 0 Å². The number of hydrogen-bond acceptors (Lipinski definition) is 2. The molecule has 0 rings (SSSR count). The molecule has 0 fully saturated rings. The zero-order valence-electron chi connectivity index (χ0n) is 12.7. The van der Waals surface area contributed by atoms with E-state index in [0.717, 1.165) is 6.54 Å². The van der Waals surface area contributed by atoms with Crippen molar-refractivity contribution in [3.05, 3.63) is 0 Å². The molecule has 0 N–H and O–H groups in total. The minimum absolute atomic E-state index is 0.202. The average molecular weight is 522 g/mol. The monoisotopic (exact) mass is 518 g/mol. The van der Waals surface area contributed by atoms with Crippen molar-refractivity contribution < 1.29 is 9.53 Å². The molecule has 0 radical (unpaired) electrons. The summed E-state index contributed by atoms with van der Waals surface area (Å²) in [6, 6.07) is 0. The quantitative estimate of drug-likeness (QED) is 0.174. The molecule has 0 unspecified atom stereocenters. The van der Waals surface area contributed by atoms with Crippen molar-refractivity contribution in [1.29, 1.82) is 0 Å². The van der Waals surface area contributed by atoms with Gasteiger partial charge in [0.25, 0.3) is 0 Å². The summed E-state index contributed by atoms with van der Waals surface area (Å²) in [5.41, 5.74) is 0.0473. The zero-order chi connectivity index (χ0) is 17.1. The van der Waals surface area contributed by atoms with E-state index in [9.17, 15) is 0 Å². The Bertz CT molecular complexity index is 338. The van der Waals surface area contributed by atoms with Gasteiger partial charge in [0.2, 0.25) is 0 Å². The molecule has 0 atom stereocenters. The second-order valence-corrected chi connectivity index (χ2v) is 63.5. The predicted octanol–water partition coefficient (Wildman–Crippen LogP) is 6.61. The van der Waals surface area contributed by atoms with Crippen molar-refractivity contribution in [2.75, 3.05) is 13.6 Å². The molecule has 0 amide bonds. The van der Waals surface area contributed by atoms with Crippen LogP contribution in [0.3, 0.4) is 0 Å². The first-order valence-electron chi connectivity index (χ1n) is 5.72. The summed E-state index contributed by atoms with van der Waals surface area (Å²) in [5, 5.41) is 4.01. The van der Waals surface area contributed by atoms with E-state index >= 15 is 0 Å². The Kier molecular flexibility index (Phi) is 8.27. The molecule has 0 aliphatic rings. The van der Waals surface area contributed by atoms with Gasteiger partial charge < -0.3 is 4.84 Å². The summed E-state index contributed by atoms with van der Waals surface area (Å²) in [5.74, 6) is 0. The summed E-state index contributed by atoms with van der Waals surface area (Å²) in [4.78, 5) is 5.29. The van der Waals surface area contributed by atoms with Gasteiger partial charge in [0.05, 0.1) is 0 Å². The molecule has 0 aliphatic carbocycles. The molecule has 0 heterocycles. The van der Waals surface area contributed by atoms with Crippen molar-refractivity contribution in [2.24, 2.45) is 10.7 Å². The van der Waals surface area contributed by atoms with Gasteiger partial charge in [-0.05, 0) is 20.8 Å². The minimum atomic E-state index is -5.42. The van der Waals surface area contributed by atoms with E-state index in [1.54, 1.807) is 0 Å². The Morgan fingerprint density at radius 2 is 1.20 bits per heavy atom. The van der Waals surface area contributed by atoms with E-state index < -0.39 is 9.14 Å². The van der Waals surface area contributed by atoms with Crippen LogP contribution in [0.2, 0.25) is 0 Å². The molecule has 20 heavy (non-hydrogen) atoms. The average Bonchev–Trinajstić information content (AvgIpc) is 1.89. The molecule has 0 bridgehead atoms. The van der Waals surface area contributed by atoms with E-state index in [-0.39, 0.29) is 11.0 Å². The molecule has 0 aliphatic heterocycles. The third-order valence-electron chi connectivity index (χ3n) is 1.16. The maximum absolute atomic E-state index is 5.42. The van der Waals surface area contributed by atoms with Gasteiger partial charge in [0.1, 0.15) is 5.60 Å². The van der Waals surface area contributed by atoms with Crippen LogP contribution in [0.5, 0.6) is 0 Å². The van der Waals surface area contributed by atoms with E-state index in [1.807, 2.05) is 32.5 Å². The van der Waals surface area contributed by atoms with Gasteiger partial charge in [-0.2, -0.15) is 0 Å². The third-order valence-corrected chi connectivity index (χ3v) is 1.16. The number of rotatable bonds is 2. The van der Waals surface area contributed by atoms with Gasteiger partial charge in [-0.3, -0.25) is 0 Å². The van der Waals surface area contributed by atoms with Crippen LogP contribution in [0.25, 0.3) is 0 Å². The van der Waals surface area contributed by atoms with Crippen LogP contribution < -0.4 is 0 Å². The zero-order valence-corrected chi connectivity index (χ0v) is 19.8. The molecule has 126 valence electrons. The standard InChI is InChI=1S/C10H23N2O.6ClH.Sb/c1-9(2,3)8-12(7)11-13-10(4,5)6;;;;;;;/h8H2,1-7H3;6*1H;/q+1;;;;;;;+5/p-6. The van der Waals surface area contributed by atoms with E-state index in [0.29, 0.717) is 0 Å². The molecular weight excluding hydrogens is 499 g/mol. The second kappa shape index (κ2) is 6.83. The van der Waals surface area contributed by atoms with E-state index in [2.05, 4.69) is 26.0 Å². The second-order valence-electron chi connectivity index (χ2n) is 6.62. The predicted molar refractivity (Wildman–Crippen MR) is 94.6 cm³/mol. The first kappa shape index (κ1) is 24.2. The fourth-order valence-electron chi connectivity index (χ4n) is 0.908. The molecule has 0 saturated carbocycles. The Labute approximate surface area is 141 Å². The van der Waals surface area contributed by atoms with Gasteiger partial charge in [0, 0.05) is 5.41 Å². The van der Waals surface area contributed by atoms with Gasteiger partial charge >= 0.3 is 62.1 Å². The van der Waals surface area contributed by atoms with Gasteiger partial charge in [0.15, 0.2) is 18.9 Å². The molecule has 0 aromatic rings. The van der Waals surface area contributed by atoms with Crippen LogP contribution in [0, 0.1) is 5.41 Å². The fourth-order valence-corrected chi connectivity index (χ4v) is 0.908. The molecule has 0 saturated heterocycles. The van der Waals surface area contributed by atoms with Crippen molar-refractivity contribution in [3.8, 4) is 0 Å². The molecule has 0 aromatic heterocycles. The normalized spacial score (nSPS) is 17.6. The summed E-state index contributed by atoms with van der Waals surface area (Å²) in [6.45, 7) is 13.4. The van der Waals surface area contributed by atoms with Crippen molar-refractivity contribution >= 4 is 62.1 Å². The fraction of sp³-hybridized carbons (Fsp3) is 1.00. The third kappa shape index (κ3) is 42.7. The van der Waals surface area contributed by atoms with Crippen molar-refractivity contribution in [3.63, 3.8) is 0 Å². The Balaban J connectivity index is 0. The summed E-state index contributed by atoms with van der Waals surface area (Å²) < 4.78 is 1.84. The van der Waals surface area contributed by atoms with Crippen LogP contribution in [0.15, 0.2) is 5.28 Å². The number of hydrogen-bond donors (Lipinski definition) is 0. The Morgan fingerprint density at radius 1 is 0.900 bits per heavy atom. The number of nitrogens with zero attached hydrogens (tertiary/aromatic N) is 2. The van der Waals surface area contributed by atoms with Crippen LogP contribution in [0.4, 0.5) is 0 Å². The molecular formula is C10H23Cl6N2OSb. The number of halogens is 6. The van der Waals surface area contributed by atoms with Crippen LogP contribution in [-0.2, 0) is 4.84 Å². The van der Waals surface area contributed by atoms with Gasteiger partial charge in [-0.15, -0.1) is 0 Å². The van der Waals surface area contributed by atoms with Crippen molar-refractivity contribution in [2.45, 2.75) is 47.1 Å². The topological polar surface area (TPSA) is 24.6 Å². The Hall–Kier alpha value is 1.96. The summed E-state index contributed by atoms with van der Waals surface area (Å²) >= 11 is 0. The Morgan fingerprint density at radius 3 is 1.40 bits per heavy atom. The van der Waals surface area contributed by atoms with Crippen LogP contribution >= 0.6 is 53.0 Å². The van der Waals surface area contributed by atoms with Gasteiger partial charge in [-0.25, -0.2) is 0 Å². The summed E-state index contributed by atoms with van der Waals surface area (Å²) in [6.07, 6.45) is 0. The molecule has 10 heteroatoms. The molecule has 0 spiro atoms.